The molecule has 0 spiro atoms. The molecule has 2 aliphatic heterocycles. The second-order valence-corrected chi connectivity index (χ2v) is 11.1. The second kappa shape index (κ2) is 10.5. The lowest BCUT2D eigenvalue weighted by Gasteiger charge is -2.23. The first kappa shape index (κ1) is 25.2. The molecule has 0 fully saturated rings. The molecule has 2 aliphatic rings. The monoisotopic (exact) mass is 530 g/mol. The number of amides is 2. The van der Waals surface area contributed by atoms with E-state index in [1.54, 1.807) is 0 Å². The van der Waals surface area contributed by atoms with Gasteiger partial charge in [0.1, 0.15) is 5.25 Å². The van der Waals surface area contributed by atoms with E-state index < -0.39 is 5.25 Å². The number of benzene rings is 3. The van der Waals surface area contributed by atoms with Crippen LogP contribution in [0.1, 0.15) is 46.7 Å². The van der Waals surface area contributed by atoms with E-state index in [0.717, 1.165) is 33.7 Å². The molecule has 3 aromatic carbocycles. The van der Waals surface area contributed by atoms with Gasteiger partial charge < -0.3 is 5.32 Å². The van der Waals surface area contributed by atoms with Gasteiger partial charge in [-0.15, -0.1) is 0 Å². The number of hydrazone groups is 1. The van der Waals surface area contributed by atoms with Crippen molar-refractivity contribution in [1.82, 2.24) is 5.01 Å². The molecule has 8 heteroatoms. The minimum absolute atomic E-state index is 0.0392. The van der Waals surface area contributed by atoms with Crippen molar-refractivity contribution in [3.05, 3.63) is 99.6 Å². The minimum atomic E-state index is -0.592. The molecule has 0 unspecified atom stereocenters. The number of aryl methyl sites for hydroxylation is 3. The van der Waals surface area contributed by atoms with Crippen molar-refractivity contribution >= 4 is 51.7 Å². The molecule has 0 saturated carbocycles. The van der Waals surface area contributed by atoms with Crippen LogP contribution in [-0.4, -0.2) is 33.0 Å². The summed E-state index contributed by atoms with van der Waals surface area (Å²) in [5.74, 6) is -0.531. The highest BCUT2D eigenvalue weighted by atomic mass is 35.5. The Labute approximate surface area is 225 Å². The molecule has 1 N–H and O–H groups in total. The van der Waals surface area contributed by atoms with Gasteiger partial charge in [-0.25, -0.2) is 5.01 Å². The number of nitrogens with zero attached hydrogens (tertiary/aromatic N) is 3. The average molecular weight is 531 g/mol. The quantitative estimate of drug-likeness (QED) is 0.411. The number of anilines is 1. The van der Waals surface area contributed by atoms with Gasteiger partial charge in [0, 0.05) is 23.6 Å². The summed E-state index contributed by atoms with van der Waals surface area (Å²) < 4.78 is 0. The zero-order chi connectivity index (χ0) is 26.1. The van der Waals surface area contributed by atoms with Crippen LogP contribution >= 0.6 is 23.4 Å². The molecule has 0 saturated heterocycles. The number of amidine groups is 1. The molecule has 2 amide bonds. The van der Waals surface area contributed by atoms with E-state index in [1.165, 1.54) is 17.3 Å². The number of carbonyl (C=O) groups is 2. The summed E-state index contributed by atoms with van der Waals surface area (Å²) in [4.78, 5) is 29.9. The molecular weight excluding hydrogens is 504 g/mol. The summed E-state index contributed by atoms with van der Waals surface area (Å²) in [6, 6.07) is 21.7. The van der Waals surface area contributed by atoms with Gasteiger partial charge in [-0.1, -0.05) is 71.4 Å². The standard InChI is InChI=1S/C29H27ClN4O2S/c1-17-4-6-20(7-5-17)24-15-25(21-8-10-22(30)11-9-21)34(33-24)29-32-28(36)26(37-29)16-27(35)31-23-13-18(2)12-19(3)14-23/h4-14,25-26H,15-16H2,1-3H3,(H,31,35)/t25-,26-/m0/s1. The number of rotatable bonds is 5. The third kappa shape index (κ3) is 5.78. The minimum Gasteiger partial charge on any atom is -0.326 e. The van der Waals surface area contributed by atoms with Crippen LogP contribution in [0.25, 0.3) is 0 Å². The van der Waals surface area contributed by atoms with Crippen molar-refractivity contribution in [1.29, 1.82) is 0 Å². The van der Waals surface area contributed by atoms with Gasteiger partial charge in [-0.2, -0.15) is 10.1 Å². The summed E-state index contributed by atoms with van der Waals surface area (Å²) in [6.07, 6.45) is 0.702. The van der Waals surface area contributed by atoms with Crippen LogP contribution in [0.2, 0.25) is 5.02 Å². The SMILES string of the molecule is Cc1ccc(C2=NN(C3=NC(=O)[C@H](CC(=O)Nc4cc(C)cc(C)c4)S3)[C@H](c3ccc(Cl)cc3)C2)cc1. The number of halogens is 1. The van der Waals surface area contributed by atoms with Crippen molar-refractivity contribution in [3.8, 4) is 0 Å². The fraction of sp³-hybridized carbons (Fsp3) is 0.241. The lowest BCUT2D eigenvalue weighted by molar-refractivity contribution is -0.121. The van der Waals surface area contributed by atoms with Crippen LogP contribution in [-0.2, 0) is 9.59 Å². The number of carbonyl (C=O) groups excluding carboxylic acids is 2. The Kier molecular flexibility index (Phi) is 7.17. The topological polar surface area (TPSA) is 74.1 Å². The maximum absolute atomic E-state index is 12.8. The van der Waals surface area contributed by atoms with E-state index in [9.17, 15) is 9.59 Å². The van der Waals surface area contributed by atoms with Crippen molar-refractivity contribution in [2.24, 2.45) is 10.1 Å². The van der Waals surface area contributed by atoms with Crippen LogP contribution in [0.4, 0.5) is 5.69 Å². The third-order valence-corrected chi connectivity index (χ3v) is 7.75. The van der Waals surface area contributed by atoms with Crippen molar-refractivity contribution in [2.75, 3.05) is 5.32 Å². The largest absolute Gasteiger partial charge is 0.326 e. The summed E-state index contributed by atoms with van der Waals surface area (Å²) in [5, 5.41) is 10.2. The van der Waals surface area contributed by atoms with E-state index in [-0.39, 0.29) is 24.3 Å². The Balaban J connectivity index is 1.35. The van der Waals surface area contributed by atoms with E-state index >= 15 is 0 Å². The van der Waals surface area contributed by atoms with Gasteiger partial charge in [0.05, 0.1) is 11.8 Å². The molecule has 0 aromatic heterocycles. The Morgan fingerprint density at radius 2 is 1.68 bits per heavy atom. The molecule has 2 heterocycles. The van der Waals surface area contributed by atoms with E-state index in [0.29, 0.717) is 16.6 Å². The van der Waals surface area contributed by atoms with Gasteiger partial charge >= 0.3 is 0 Å². The normalized spacial score (nSPS) is 19.1. The zero-order valence-electron chi connectivity index (χ0n) is 20.9. The van der Waals surface area contributed by atoms with Gasteiger partial charge in [-0.05, 0) is 67.3 Å². The number of aliphatic imine (C=N–C) groups is 1. The molecule has 0 aliphatic carbocycles. The predicted molar refractivity (Wildman–Crippen MR) is 151 cm³/mol. The molecule has 2 atom stereocenters. The molecule has 5 rings (SSSR count). The fourth-order valence-electron chi connectivity index (χ4n) is 4.58. The Morgan fingerprint density at radius 3 is 2.35 bits per heavy atom. The number of hydrogen-bond acceptors (Lipinski definition) is 5. The highest BCUT2D eigenvalue weighted by Crippen LogP contribution is 2.39. The van der Waals surface area contributed by atoms with Gasteiger partial charge in [0.25, 0.3) is 5.91 Å². The van der Waals surface area contributed by atoms with Crippen LogP contribution in [0.5, 0.6) is 0 Å². The smallest absolute Gasteiger partial charge is 0.262 e. The molecule has 3 aromatic rings. The van der Waals surface area contributed by atoms with E-state index in [2.05, 4.69) is 41.5 Å². The predicted octanol–water partition coefficient (Wildman–Crippen LogP) is 6.44. The van der Waals surface area contributed by atoms with E-state index in [1.807, 2.05) is 61.3 Å². The van der Waals surface area contributed by atoms with E-state index in [4.69, 9.17) is 16.7 Å². The summed E-state index contributed by atoms with van der Waals surface area (Å²) in [7, 11) is 0. The molecule has 188 valence electrons. The molecule has 0 radical (unpaired) electrons. The molecule has 6 nitrogen and oxygen atoms in total. The first-order chi connectivity index (χ1) is 17.7. The molecule has 0 bridgehead atoms. The number of thioether (sulfide) groups is 1. The number of hydrogen-bond donors (Lipinski definition) is 1. The summed E-state index contributed by atoms with van der Waals surface area (Å²) >= 11 is 7.43. The van der Waals surface area contributed by atoms with Crippen molar-refractivity contribution < 1.29 is 9.59 Å². The highest BCUT2D eigenvalue weighted by Gasteiger charge is 2.39. The fourth-order valence-corrected chi connectivity index (χ4v) is 5.77. The van der Waals surface area contributed by atoms with Gasteiger partial charge in [-0.3, -0.25) is 9.59 Å². The maximum atomic E-state index is 12.8. The Hall–Kier alpha value is -3.42. The average Bonchev–Trinajstić information content (AvgIpc) is 3.43. The lowest BCUT2D eigenvalue weighted by atomic mass is 9.98. The Morgan fingerprint density at radius 1 is 1.00 bits per heavy atom. The zero-order valence-corrected chi connectivity index (χ0v) is 22.4. The van der Waals surface area contributed by atoms with Crippen LogP contribution in [0.3, 0.4) is 0 Å². The number of nitrogens with one attached hydrogen (secondary N) is 1. The lowest BCUT2D eigenvalue weighted by Crippen LogP contribution is -2.25. The van der Waals surface area contributed by atoms with Crippen molar-refractivity contribution in [3.63, 3.8) is 0 Å². The first-order valence-corrected chi connectivity index (χ1v) is 13.4. The Bertz CT molecular complexity index is 1400. The first-order valence-electron chi connectivity index (χ1n) is 12.1. The van der Waals surface area contributed by atoms with Crippen molar-refractivity contribution in [2.45, 2.75) is 44.9 Å². The maximum Gasteiger partial charge on any atom is 0.262 e. The van der Waals surface area contributed by atoms with Crippen LogP contribution in [0, 0.1) is 20.8 Å². The van der Waals surface area contributed by atoms with Gasteiger partial charge in [0.15, 0.2) is 5.17 Å². The van der Waals surface area contributed by atoms with Crippen LogP contribution in [0.15, 0.2) is 76.8 Å². The van der Waals surface area contributed by atoms with Gasteiger partial charge in [0.2, 0.25) is 5.91 Å². The molecular formula is C29H27ClN4O2S. The second-order valence-electron chi connectivity index (χ2n) is 9.50. The van der Waals surface area contributed by atoms with Crippen LogP contribution < -0.4 is 5.32 Å². The molecule has 37 heavy (non-hydrogen) atoms. The third-order valence-electron chi connectivity index (χ3n) is 6.35. The summed E-state index contributed by atoms with van der Waals surface area (Å²) in [6.45, 7) is 6.02. The summed E-state index contributed by atoms with van der Waals surface area (Å²) in [5.41, 5.74) is 7.03. The highest BCUT2D eigenvalue weighted by molar-refractivity contribution is 8.15.